The molecule has 4 rings (SSSR count). The summed E-state index contributed by atoms with van der Waals surface area (Å²) in [6.45, 7) is 0.0693. The van der Waals surface area contributed by atoms with Crippen molar-refractivity contribution in [3.05, 3.63) is 64.2 Å². The van der Waals surface area contributed by atoms with Gasteiger partial charge in [-0.15, -0.1) is 0 Å². The standard InChI is InChI=1S/C18H17ClN2O3S/c19-15-7-4-13(5-8-15)17-11-21(18(22)20-17)25(23,24)16-9-6-12-2-1-3-14(12)10-16/h4-10,17H,1-3,11H2,(H,20,22). The lowest BCUT2D eigenvalue weighted by atomic mass is 10.1. The average molecular weight is 377 g/mol. The lowest BCUT2D eigenvalue weighted by molar-refractivity contribution is 0.235. The van der Waals surface area contributed by atoms with Crippen molar-refractivity contribution >= 4 is 27.7 Å². The molecule has 0 bridgehead atoms. The number of sulfonamides is 1. The van der Waals surface area contributed by atoms with E-state index in [0.29, 0.717) is 5.02 Å². The van der Waals surface area contributed by atoms with Gasteiger partial charge in [0.25, 0.3) is 10.0 Å². The molecule has 0 saturated carbocycles. The van der Waals surface area contributed by atoms with Crippen LogP contribution in [-0.2, 0) is 22.9 Å². The summed E-state index contributed by atoms with van der Waals surface area (Å²) >= 11 is 5.88. The molecule has 0 spiro atoms. The second-order valence-electron chi connectivity index (χ2n) is 6.37. The molecule has 1 heterocycles. The van der Waals surface area contributed by atoms with E-state index in [0.717, 1.165) is 34.7 Å². The summed E-state index contributed by atoms with van der Waals surface area (Å²) in [5.74, 6) is 0. The average Bonchev–Trinajstić information content (AvgIpc) is 3.21. The first-order chi connectivity index (χ1) is 11.9. The first kappa shape index (κ1) is 16.4. The van der Waals surface area contributed by atoms with E-state index >= 15 is 0 Å². The zero-order chi connectivity index (χ0) is 17.6. The molecule has 1 N–H and O–H groups in total. The van der Waals surface area contributed by atoms with E-state index < -0.39 is 16.1 Å². The molecule has 1 aliphatic carbocycles. The number of aryl methyl sites for hydroxylation is 2. The maximum Gasteiger partial charge on any atom is 0.331 e. The van der Waals surface area contributed by atoms with Gasteiger partial charge in [0.1, 0.15) is 0 Å². The zero-order valence-electron chi connectivity index (χ0n) is 13.4. The molecule has 1 saturated heterocycles. The Morgan fingerprint density at radius 3 is 2.52 bits per heavy atom. The molecular formula is C18H17ClN2O3S. The molecule has 7 heteroatoms. The normalized spacial score (nSPS) is 19.8. The van der Waals surface area contributed by atoms with Gasteiger partial charge in [0.2, 0.25) is 0 Å². The highest BCUT2D eigenvalue weighted by molar-refractivity contribution is 7.89. The minimum atomic E-state index is -3.86. The van der Waals surface area contributed by atoms with Crippen LogP contribution < -0.4 is 5.32 Å². The SMILES string of the molecule is O=C1NC(c2ccc(Cl)cc2)CN1S(=O)(=O)c1ccc2c(c1)CCC2. The number of hydrogen-bond acceptors (Lipinski definition) is 3. The number of amides is 2. The van der Waals surface area contributed by atoms with Crippen molar-refractivity contribution in [2.45, 2.75) is 30.2 Å². The number of hydrogen-bond donors (Lipinski definition) is 1. The number of carbonyl (C=O) groups is 1. The third-order valence-electron chi connectivity index (χ3n) is 4.80. The van der Waals surface area contributed by atoms with Gasteiger partial charge < -0.3 is 5.32 Å². The van der Waals surface area contributed by atoms with Gasteiger partial charge in [-0.25, -0.2) is 17.5 Å². The molecular weight excluding hydrogens is 360 g/mol. The Kier molecular flexibility index (Phi) is 3.96. The number of halogens is 1. The zero-order valence-corrected chi connectivity index (χ0v) is 15.0. The van der Waals surface area contributed by atoms with E-state index in [-0.39, 0.29) is 17.5 Å². The number of nitrogens with one attached hydrogen (secondary N) is 1. The largest absolute Gasteiger partial charge is 0.331 e. The van der Waals surface area contributed by atoms with E-state index in [1.54, 1.807) is 36.4 Å². The molecule has 1 aliphatic heterocycles. The number of rotatable bonds is 3. The quantitative estimate of drug-likeness (QED) is 0.893. The Balaban J connectivity index is 1.62. The summed E-state index contributed by atoms with van der Waals surface area (Å²) < 4.78 is 26.8. The van der Waals surface area contributed by atoms with Crippen LogP contribution in [0.5, 0.6) is 0 Å². The first-order valence-electron chi connectivity index (χ1n) is 8.16. The van der Waals surface area contributed by atoms with Crippen LogP contribution in [0.3, 0.4) is 0 Å². The molecule has 0 aromatic heterocycles. The van der Waals surface area contributed by atoms with Crippen LogP contribution in [0.2, 0.25) is 5.02 Å². The Labute approximate surface area is 151 Å². The summed E-state index contributed by atoms with van der Waals surface area (Å²) in [5, 5.41) is 3.33. The van der Waals surface area contributed by atoms with Crippen molar-refractivity contribution in [1.29, 1.82) is 0 Å². The van der Waals surface area contributed by atoms with Gasteiger partial charge in [0, 0.05) is 5.02 Å². The van der Waals surface area contributed by atoms with Gasteiger partial charge >= 0.3 is 6.03 Å². The Morgan fingerprint density at radius 2 is 1.76 bits per heavy atom. The smallest absolute Gasteiger partial charge is 0.328 e. The lowest BCUT2D eigenvalue weighted by Crippen LogP contribution is -2.34. The molecule has 2 aliphatic rings. The van der Waals surface area contributed by atoms with Crippen molar-refractivity contribution in [2.75, 3.05) is 6.54 Å². The molecule has 2 amide bonds. The molecule has 2 aromatic rings. The van der Waals surface area contributed by atoms with Crippen LogP contribution >= 0.6 is 11.6 Å². The van der Waals surface area contributed by atoms with Crippen LogP contribution in [-0.4, -0.2) is 25.3 Å². The summed E-state index contributed by atoms with van der Waals surface area (Å²) in [6, 6.07) is 11.2. The highest BCUT2D eigenvalue weighted by Gasteiger charge is 2.38. The van der Waals surface area contributed by atoms with Crippen LogP contribution in [0.15, 0.2) is 47.4 Å². The fourth-order valence-electron chi connectivity index (χ4n) is 3.44. The Hall–Kier alpha value is -2.05. The second kappa shape index (κ2) is 6.04. The Bertz CT molecular complexity index is 941. The van der Waals surface area contributed by atoms with Gasteiger partial charge in [-0.1, -0.05) is 29.8 Å². The van der Waals surface area contributed by atoms with Crippen molar-refractivity contribution in [3.63, 3.8) is 0 Å². The fourth-order valence-corrected chi connectivity index (χ4v) is 4.97. The monoisotopic (exact) mass is 376 g/mol. The predicted molar refractivity (Wildman–Crippen MR) is 95.1 cm³/mol. The van der Waals surface area contributed by atoms with Crippen LogP contribution in [0.4, 0.5) is 4.79 Å². The molecule has 1 atom stereocenters. The number of fused-ring (bicyclic) bond motifs is 1. The molecule has 25 heavy (non-hydrogen) atoms. The van der Waals surface area contributed by atoms with Gasteiger partial charge in [-0.05, 0) is 60.2 Å². The third kappa shape index (κ3) is 2.89. The van der Waals surface area contributed by atoms with Crippen molar-refractivity contribution < 1.29 is 13.2 Å². The van der Waals surface area contributed by atoms with Gasteiger partial charge in [-0.3, -0.25) is 0 Å². The maximum atomic E-state index is 12.9. The van der Waals surface area contributed by atoms with Crippen LogP contribution in [0.25, 0.3) is 0 Å². The number of nitrogens with zero attached hydrogens (tertiary/aromatic N) is 1. The Morgan fingerprint density at radius 1 is 1.04 bits per heavy atom. The fraction of sp³-hybridized carbons (Fsp3) is 0.278. The van der Waals surface area contributed by atoms with Crippen LogP contribution in [0.1, 0.15) is 29.2 Å². The summed E-state index contributed by atoms with van der Waals surface area (Å²) in [4.78, 5) is 12.5. The molecule has 1 unspecified atom stereocenters. The number of carbonyl (C=O) groups excluding carboxylic acids is 1. The summed E-state index contributed by atoms with van der Waals surface area (Å²) in [6.07, 6.45) is 2.92. The third-order valence-corrected chi connectivity index (χ3v) is 6.80. The van der Waals surface area contributed by atoms with E-state index in [4.69, 9.17) is 11.6 Å². The highest BCUT2D eigenvalue weighted by Crippen LogP contribution is 2.29. The molecule has 0 radical (unpaired) electrons. The van der Waals surface area contributed by atoms with E-state index in [1.807, 2.05) is 6.07 Å². The van der Waals surface area contributed by atoms with E-state index in [1.165, 1.54) is 5.56 Å². The minimum absolute atomic E-state index is 0.0693. The van der Waals surface area contributed by atoms with Gasteiger partial charge in [0.05, 0.1) is 17.5 Å². The van der Waals surface area contributed by atoms with Crippen molar-refractivity contribution in [3.8, 4) is 0 Å². The van der Waals surface area contributed by atoms with Crippen molar-refractivity contribution in [1.82, 2.24) is 9.62 Å². The molecule has 5 nitrogen and oxygen atoms in total. The maximum absolute atomic E-state index is 12.9. The van der Waals surface area contributed by atoms with Gasteiger partial charge in [-0.2, -0.15) is 0 Å². The van der Waals surface area contributed by atoms with E-state index in [2.05, 4.69) is 5.32 Å². The first-order valence-corrected chi connectivity index (χ1v) is 9.97. The highest BCUT2D eigenvalue weighted by atomic mass is 35.5. The van der Waals surface area contributed by atoms with Crippen molar-refractivity contribution in [2.24, 2.45) is 0 Å². The van der Waals surface area contributed by atoms with E-state index in [9.17, 15) is 13.2 Å². The van der Waals surface area contributed by atoms with Crippen LogP contribution in [0, 0.1) is 0 Å². The number of urea groups is 1. The topological polar surface area (TPSA) is 66.5 Å². The predicted octanol–water partition coefficient (Wildman–Crippen LogP) is 3.28. The molecule has 130 valence electrons. The molecule has 2 aromatic carbocycles. The lowest BCUT2D eigenvalue weighted by Gasteiger charge is -2.16. The summed E-state index contributed by atoms with van der Waals surface area (Å²) in [7, 11) is -3.86. The minimum Gasteiger partial charge on any atom is -0.328 e. The summed E-state index contributed by atoms with van der Waals surface area (Å²) in [5.41, 5.74) is 3.09. The number of benzene rings is 2. The molecule has 1 fully saturated rings. The van der Waals surface area contributed by atoms with Gasteiger partial charge in [0.15, 0.2) is 0 Å². The second-order valence-corrected chi connectivity index (χ2v) is 8.67.